The van der Waals surface area contributed by atoms with Crippen LogP contribution in [0.2, 0.25) is 0 Å². The maximum atomic E-state index is 8.40. The Hall–Kier alpha value is 0.856. The van der Waals surface area contributed by atoms with Crippen LogP contribution < -0.4 is 0 Å². The average Bonchev–Trinajstić information content (AvgIpc) is 0.918. The third-order valence-electron chi connectivity index (χ3n) is 0. The quantitative estimate of drug-likeness (QED) is 0.455. The van der Waals surface area contributed by atoms with E-state index in [-0.39, 0.29) is 34.1 Å². The van der Waals surface area contributed by atoms with Crippen molar-refractivity contribution < 1.29 is 43.1 Å². The van der Waals surface area contributed by atoms with Crippen LogP contribution in [-0.2, 0) is 43.1 Å². The molecule has 0 aromatic carbocycles. The second kappa shape index (κ2) is 21.0. The first-order valence-electron chi connectivity index (χ1n) is 0.408. The van der Waals surface area contributed by atoms with Gasteiger partial charge in [0.05, 0.1) is 0 Å². The normalized spacial score (nSPS) is 1.60. The third kappa shape index (κ3) is 54.1. The maximum absolute atomic E-state index is 8.40. The Kier molecular flexibility index (Phi) is 71.0. The molecule has 31 valence electrons. The molecule has 5 heteroatoms. The zero-order valence-electron chi connectivity index (χ0n) is 2.05. The Labute approximate surface area is 52.6 Å². The summed E-state index contributed by atoms with van der Waals surface area (Å²) in [6.07, 6.45) is 0. The van der Waals surface area contributed by atoms with Gasteiger partial charge in [-0.2, -0.15) is 0 Å². The van der Waals surface area contributed by atoms with Gasteiger partial charge in [-0.1, -0.05) is 0 Å². The zero-order valence-corrected chi connectivity index (χ0v) is 5.33. The second-order valence-electron chi connectivity index (χ2n) is 0.0833. The van der Waals surface area contributed by atoms with Gasteiger partial charge in [0.2, 0.25) is 0 Å². The van der Waals surface area contributed by atoms with Crippen LogP contribution in [0.1, 0.15) is 0 Å². The van der Waals surface area contributed by atoms with Crippen molar-refractivity contribution in [3.8, 4) is 0 Å². The zero-order chi connectivity index (χ0) is 2.71. The van der Waals surface area contributed by atoms with Gasteiger partial charge in [0.1, 0.15) is 0 Å². The van der Waals surface area contributed by atoms with Crippen LogP contribution in [0.25, 0.3) is 0 Å². The van der Waals surface area contributed by atoms with E-state index in [1.165, 1.54) is 0 Å². The Morgan fingerprint density at radius 3 is 1.20 bits per heavy atom. The molecular formula is FeMnO2Si. The first-order valence-corrected chi connectivity index (χ1v) is 1.22. The van der Waals surface area contributed by atoms with Crippen molar-refractivity contribution in [1.82, 2.24) is 0 Å². The standard InChI is InChI=1S/Fe.Mn.O2Si/c;;1-3-2. The van der Waals surface area contributed by atoms with Gasteiger partial charge in [-0.25, -0.2) is 0 Å². The van der Waals surface area contributed by atoms with E-state index in [1.54, 1.807) is 0 Å². The molecule has 0 aromatic heterocycles. The molecule has 0 aliphatic heterocycles. The van der Waals surface area contributed by atoms with Crippen molar-refractivity contribution in [3.63, 3.8) is 0 Å². The Morgan fingerprint density at radius 1 is 1.20 bits per heavy atom. The molecule has 0 heterocycles. The van der Waals surface area contributed by atoms with Crippen LogP contribution >= 0.6 is 0 Å². The van der Waals surface area contributed by atoms with Crippen LogP contribution in [0.15, 0.2) is 0 Å². The predicted octanol–water partition coefficient (Wildman–Crippen LogP) is -0.623. The summed E-state index contributed by atoms with van der Waals surface area (Å²) >= 11 is 0. The van der Waals surface area contributed by atoms with Gasteiger partial charge in [-0.05, 0) is 0 Å². The van der Waals surface area contributed by atoms with E-state index in [2.05, 4.69) is 0 Å². The molecule has 2 nitrogen and oxygen atoms in total. The molecule has 1 radical (unpaired) electrons. The van der Waals surface area contributed by atoms with E-state index in [0.29, 0.717) is 0 Å². The minimum Gasteiger partial charge on any atom is -0.274 e. The molecule has 0 fully saturated rings. The van der Waals surface area contributed by atoms with E-state index in [0.717, 1.165) is 0 Å². The molecule has 0 spiro atoms. The van der Waals surface area contributed by atoms with Crippen molar-refractivity contribution in [2.45, 2.75) is 0 Å². The van der Waals surface area contributed by atoms with E-state index >= 15 is 0 Å². The third-order valence-corrected chi connectivity index (χ3v) is 0. The molecule has 0 saturated heterocycles. The van der Waals surface area contributed by atoms with Crippen LogP contribution in [0.5, 0.6) is 0 Å². The van der Waals surface area contributed by atoms with Gasteiger partial charge < -0.3 is 0 Å². The monoisotopic (exact) mass is 171 g/mol. The van der Waals surface area contributed by atoms with E-state index < -0.39 is 9.29 Å². The van der Waals surface area contributed by atoms with Gasteiger partial charge >= 0.3 is 9.29 Å². The summed E-state index contributed by atoms with van der Waals surface area (Å²) in [5.74, 6) is 0. The van der Waals surface area contributed by atoms with Crippen LogP contribution in [0, 0.1) is 0 Å². The van der Waals surface area contributed by atoms with E-state index in [1.807, 2.05) is 0 Å². The smallest absolute Gasteiger partial charge is 0.274 e. The van der Waals surface area contributed by atoms with Crippen molar-refractivity contribution >= 4 is 9.29 Å². The molecule has 0 aliphatic rings. The molecular weight excluding hydrogens is 171 g/mol. The average molecular weight is 171 g/mol. The van der Waals surface area contributed by atoms with E-state index in [4.69, 9.17) is 8.92 Å². The summed E-state index contributed by atoms with van der Waals surface area (Å²) in [6, 6.07) is 0. The van der Waals surface area contributed by atoms with Crippen molar-refractivity contribution in [2.24, 2.45) is 0 Å². The largest absolute Gasteiger partial charge is 0.549 e. The van der Waals surface area contributed by atoms with Crippen LogP contribution in [0.3, 0.4) is 0 Å². The summed E-state index contributed by atoms with van der Waals surface area (Å²) in [5, 5.41) is 0. The second-order valence-corrected chi connectivity index (χ2v) is 0.250. The molecule has 0 unspecified atom stereocenters. The minimum absolute atomic E-state index is 0. The first kappa shape index (κ1) is 16.9. The van der Waals surface area contributed by atoms with Gasteiger partial charge in [-0.3, -0.25) is 8.92 Å². The van der Waals surface area contributed by atoms with Gasteiger partial charge in [0.15, 0.2) is 0 Å². The molecule has 0 saturated carbocycles. The SMILES string of the molecule is O=[Si]=O.[Fe].[Mn]. The molecule has 0 rings (SSSR count). The molecule has 5 heavy (non-hydrogen) atoms. The van der Waals surface area contributed by atoms with Crippen molar-refractivity contribution in [2.75, 3.05) is 0 Å². The summed E-state index contributed by atoms with van der Waals surface area (Å²) in [4.78, 5) is 0. The van der Waals surface area contributed by atoms with Gasteiger partial charge in [-0.15, -0.1) is 0 Å². The Bertz CT molecular complexity index is 30.6. The molecule has 0 aromatic rings. The fourth-order valence-electron chi connectivity index (χ4n) is 0. The molecule has 0 N–H and O–H groups in total. The Morgan fingerprint density at radius 2 is 1.20 bits per heavy atom. The van der Waals surface area contributed by atoms with Gasteiger partial charge in [0.25, 0.3) is 0 Å². The summed E-state index contributed by atoms with van der Waals surface area (Å²) in [7, 11) is -1.42. The molecule has 0 bridgehead atoms. The fraction of sp³-hybridized carbons (Fsp3) is 0. The summed E-state index contributed by atoms with van der Waals surface area (Å²) in [5.41, 5.74) is 0. The van der Waals surface area contributed by atoms with Crippen molar-refractivity contribution in [3.05, 3.63) is 0 Å². The molecule has 0 atom stereocenters. The minimum atomic E-state index is -1.42. The van der Waals surface area contributed by atoms with E-state index in [9.17, 15) is 0 Å². The topological polar surface area (TPSA) is 34.1 Å². The van der Waals surface area contributed by atoms with Gasteiger partial charge in [0, 0.05) is 34.1 Å². The number of hydrogen-bond acceptors (Lipinski definition) is 2. The summed E-state index contributed by atoms with van der Waals surface area (Å²) < 4.78 is 16.8. The summed E-state index contributed by atoms with van der Waals surface area (Å²) in [6.45, 7) is 0. The fourth-order valence-corrected chi connectivity index (χ4v) is 0. The van der Waals surface area contributed by atoms with Crippen LogP contribution in [-0.4, -0.2) is 9.29 Å². The maximum Gasteiger partial charge on any atom is 0.549 e. The molecule has 0 amide bonds. The van der Waals surface area contributed by atoms with Crippen LogP contribution in [0.4, 0.5) is 0 Å². The first-order chi connectivity index (χ1) is 1.41. The van der Waals surface area contributed by atoms with Crippen molar-refractivity contribution in [1.29, 1.82) is 0 Å². The molecule has 0 aliphatic carbocycles. The number of rotatable bonds is 0. The Balaban J connectivity index is -0.0000000200. The number of hydrogen-bond donors (Lipinski definition) is 0. The predicted molar refractivity (Wildman–Crippen MR) is 7.13 cm³/mol.